The van der Waals surface area contributed by atoms with Gasteiger partial charge in [-0.3, -0.25) is 0 Å². The lowest BCUT2D eigenvalue weighted by molar-refractivity contribution is 0.0273. The molecule has 0 saturated heterocycles. The molecule has 0 amide bonds. The van der Waals surface area contributed by atoms with Gasteiger partial charge in [0.15, 0.2) is 0 Å². The van der Waals surface area contributed by atoms with Crippen molar-refractivity contribution in [2.75, 3.05) is 0 Å². The first-order valence-electron chi connectivity index (χ1n) is 7.12. The molecule has 3 saturated carbocycles. The van der Waals surface area contributed by atoms with Crippen molar-refractivity contribution in [2.45, 2.75) is 71.6 Å². The Bertz CT molecular complexity index is 249. The van der Waals surface area contributed by atoms with Crippen LogP contribution in [0.25, 0.3) is 0 Å². The molecule has 3 unspecified atom stereocenters. The van der Waals surface area contributed by atoms with Crippen molar-refractivity contribution < 1.29 is 0 Å². The van der Waals surface area contributed by atoms with Crippen LogP contribution in [0.5, 0.6) is 0 Å². The summed E-state index contributed by atoms with van der Waals surface area (Å²) < 4.78 is 0. The second-order valence-electron chi connectivity index (χ2n) is 7.27. The SMILES string of the molecule is CC1(C2CC3CCC2(C)C3)CCCCC1. The molecule has 0 aliphatic heterocycles. The molecule has 3 aliphatic carbocycles. The van der Waals surface area contributed by atoms with Crippen LogP contribution >= 0.6 is 0 Å². The van der Waals surface area contributed by atoms with Crippen LogP contribution < -0.4 is 0 Å². The second-order valence-corrected chi connectivity index (χ2v) is 7.27. The highest BCUT2D eigenvalue weighted by molar-refractivity contribution is 5.04. The van der Waals surface area contributed by atoms with E-state index in [1.54, 1.807) is 19.3 Å². The van der Waals surface area contributed by atoms with Crippen molar-refractivity contribution in [1.82, 2.24) is 0 Å². The van der Waals surface area contributed by atoms with Crippen molar-refractivity contribution in [2.24, 2.45) is 22.7 Å². The van der Waals surface area contributed by atoms with E-state index in [1.807, 2.05) is 0 Å². The molecule has 3 fully saturated rings. The monoisotopic (exact) mass is 206 g/mol. The van der Waals surface area contributed by atoms with E-state index in [4.69, 9.17) is 0 Å². The van der Waals surface area contributed by atoms with Crippen LogP contribution in [0.15, 0.2) is 0 Å². The van der Waals surface area contributed by atoms with Crippen molar-refractivity contribution >= 4 is 0 Å². The van der Waals surface area contributed by atoms with Crippen molar-refractivity contribution in [1.29, 1.82) is 0 Å². The molecule has 0 spiro atoms. The summed E-state index contributed by atoms with van der Waals surface area (Å²) in [5.41, 5.74) is 1.47. The molecule has 86 valence electrons. The Hall–Kier alpha value is 0. The zero-order valence-corrected chi connectivity index (χ0v) is 10.5. The fourth-order valence-electron chi connectivity index (χ4n) is 5.37. The molecule has 0 nitrogen and oxygen atoms in total. The van der Waals surface area contributed by atoms with Crippen molar-refractivity contribution in [3.05, 3.63) is 0 Å². The lowest BCUT2D eigenvalue weighted by atomic mass is 9.58. The minimum Gasteiger partial charge on any atom is -0.0594 e. The Labute approximate surface area is 94.8 Å². The molecule has 2 bridgehead atoms. The van der Waals surface area contributed by atoms with E-state index >= 15 is 0 Å². The fourth-order valence-corrected chi connectivity index (χ4v) is 5.37. The fraction of sp³-hybridized carbons (Fsp3) is 1.00. The molecular formula is C15H26. The third kappa shape index (κ3) is 1.47. The lowest BCUT2D eigenvalue weighted by Gasteiger charge is -2.47. The first-order chi connectivity index (χ1) is 7.12. The number of hydrogen-bond acceptors (Lipinski definition) is 0. The number of hydrogen-bond donors (Lipinski definition) is 0. The zero-order chi connectivity index (χ0) is 10.5. The normalized spacial score (nSPS) is 48.4. The Morgan fingerprint density at radius 3 is 2.13 bits per heavy atom. The van der Waals surface area contributed by atoms with Gasteiger partial charge < -0.3 is 0 Å². The topological polar surface area (TPSA) is 0 Å². The Morgan fingerprint density at radius 2 is 1.60 bits per heavy atom. The summed E-state index contributed by atoms with van der Waals surface area (Å²) in [5, 5.41) is 0. The van der Waals surface area contributed by atoms with Crippen LogP contribution in [0.4, 0.5) is 0 Å². The predicted octanol–water partition coefficient (Wildman–Crippen LogP) is 4.78. The molecule has 0 heteroatoms. The van der Waals surface area contributed by atoms with Gasteiger partial charge in [-0.05, 0) is 61.2 Å². The molecule has 0 aromatic rings. The maximum atomic E-state index is 2.61. The average molecular weight is 206 g/mol. The van der Waals surface area contributed by atoms with Gasteiger partial charge in [0.05, 0.1) is 0 Å². The quantitative estimate of drug-likeness (QED) is 0.579. The first kappa shape index (κ1) is 10.2. The van der Waals surface area contributed by atoms with Gasteiger partial charge in [-0.15, -0.1) is 0 Å². The molecule has 15 heavy (non-hydrogen) atoms. The maximum absolute atomic E-state index is 2.61. The van der Waals surface area contributed by atoms with Crippen LogP contribution in [-0.4, -0.2) is 0 Å². The predicted molar refractivity (Wildman–Crippen MR) is 64.7 cm³/mol. The third-order valence-electron chi connectivity index (χ3n) is 6.13. The summed E-state index contributed by atoms with van der Waals surface area (Å²) in [6, 6.07) is 0. The number of rotatable bonds is 1. The minimum absolute atomic E-state index is 0.724. The summed E-state index contributed by atoms with van der Waals surface area (Å²) in [6.45, 7) is 5.22. The van der Waals surface area contributed by atoms with Crippen LogP contribution in [0.1, 0.15) is 71.6 Å². The molecule has 0 heterocycles. The molecule has 3 atom stereocenters. The van der Waals surface area contributed by atoms with Gasteiger partial charge in [-0.1, -0.05) is 33.1 Å². The molecular weight excluding hydrogens is 180 g/mol. The zero-order valence-electron chi connectivity index (χ0n) is 10.5. The van der Waals surface area contributed by atoms with Crippen molar-refractivity contribution in [3.8, 4) is 0 Å². The molecule has 0 N–H and O–H groups in total. The van der Waals surface area contributed by atoms with Gasteiger partial charge in [-0.25, -0.2) is 0 Å². The highest BCUT2D eigenvalue weighted by Crippen LogP contribution is 2.64. The van der Waals surface area contributed by atoms with E-state index in [0.29, 0.717) is 0 Å². The Kier molecular flexibility index (Phi) is 2.20. The standard InChI is InChI=1S/C15H26/c1-14(7-4-3-5-8-14)13-10-12-6-9-15(13,2)11-12/h12-13H,3-11H2,1-2H3. The van der Waals surface area contributed by atoms with Gasteiger partial charge in [0.25, 0.3) is 0 Å². The minimum atomic E-state index is 0.724. The Morgan fingerprint density at radius 1 is 0.867 bits per heavy atom. The van der Waals surface area contributed by atoms with E-state index in [0.717, 1.165) is 22.7 Å². The summed E-state index contributed by atoms with van der Waals surface area (Å²) in [4.78, 5) is 0. The third-order valence-corrected chi connectivity index (χ3v) is 6.13. The summed E-state index contributed by atoms with van der Waals surface area (Å²) in [7, 11) is 0. The van der Waals surface area contributed by atoms with Crippen LogP contribution in [-0.2, 0) is 0 Å². The van der Waals surface area contributed by atoms with Crippen molar-refractivity contribution in [3.63, 3.8) is 0 Å². The largest absolute Gasteiger partial charge is 0.0594 e. The van der Waals surface area contributed by atoms with Crippen LogP contribution in [0.3, 0.4) is 0 Å². The van der Waals surface area contributed by atoms with E-state index < -0.39 is 0 Å². The van der Waals surface area contributed by atoms with E-state index in [9.17, 15) is 0 Å². The summed E-state index contributed by atoms with van der Waals surface area (Å²) in [5.74, 6) is 2.18. The van der Waals surface area contributed by atoms with Gasteiger partial charge in [0.2, 0.25) is 0 Å². The van der Waals surface area contributed by atoms with Gasteiger partial charge in [0.1, 0.15) is 0 Å². The summed E-state index contributed by atoms with van der Waals surface area (Å²) >= 11 is 0. The molecule has 3 aliphatic rings. The molecule has 3 rings (SSSR count). The first-order valence-corrected chi connectivity index (χ1v) is 7.12. The van der Waals surface area contributed by atoms with Crippen LogP contribution in [0, 0.1) is 22.7 Å². The Balaban J connectivity index is 1.82. The van der Waals surface area contributed by atoms with E-state index in [1.165, 1.54) is 38.5 Å². The highest BCUT2D eigenvalue weighted by Gasteiger charge is 2.54. The summed E-state index contributed by atoms with van der Waals surface area (Å²) in [6.07, 6.45) is 13.8. The van der Waals surface area contributed by atoms with Gasteiger partial charge >= 0.3 is 0 Å². The second kappa shape index (κ2) is 3.25. The van der Waals surface area contributed by atoms with E-state index in [-0.39, 0.29) is 0 Å². The smallest absolute Gasteiger partial charge is 0.0290 e. The molecule has 0 radical (unpaired) electrons. The van der Waals surface area contributed by atoms with Gasteiger partial charge in [0, 0.05) is 0 Å². The van der Waals surface area contributed by atoms with Gasteiger partial charge in [-0.2, -0.15) is 0 Å². The van der Waals surface area contributed by atoms with Crippen LogP contribution in [0.2, 0.25) is 0 Å². The molecule has 0 aromatic carbocycles. The number of fused-ring (bicyclic) bond motifs is 2. The average Bonchev–Trinajstić information content (AvgIpc) is 2.74. The highest BCUT2D eigenvalue weighted by atomic mass is 14.6. The lowest BCUT2D eigenvalue weighted by Crippen LogP contribution is -2.38. The van der Waals surface area contributed by atoms with E-state index in [2.05, 4.69) is 13.8 Å². The molecule has 0 aromatic heterocycles. The maximum Gasteiger partial charge on any atom is -0.0290 e.